The van der Waals surface area contributed by atoms with Gasteiger partial charge in [0.2, 0.25) is 11.8 Å². The molecule has 3 fully saturated rings. The number of piperidine rings is 1. The molecule has 0 spiro atoms. The minimum absolute atomic E-state index is 0.0315. The van der Waals surface area contributed by atoms with Crippen LogP contribution in [0, 0.1) is 17.7 Å². The molecule has 2 saturated heterocycles. The molecule has 1 aliphatic carbocycles. The van der Waals surface area contributed by atoms with Gasteiger partial charge in [0.1, 0.15) is 29.3 Å². The van der Waals surface area contributed by atoms with Crippen LogP contribution in [0.15, 0.2) is 42.7 Å². The van der Waals surface area contributed by atoms with Gasteiger partial charge < -0.3 is 30.7 Å². The highest BCUT2D eigenvalue weighted by Gasteiger charge is 2.36. The summed E-state index contributed by atoms with van der Waals surface area (Å²) in [5, 5.41) is 17.4. The first-order chi connectivity index (χ1) is 26.4. The van der Waals surface area contributed by atoms with E-state index in [1.807, 2.05) is 14.0 Å². The number of aromatic nitrogens is 4. The highest BCUT2D eigenvalue weighted by atomic mass is 19.1. The number of carbonyl (C=O) groups excluding carboxylic acids is 4. The monoisotopic (exact) mass is 760 g/mol. The molecule has 2 aromatic heterocycles. The molecule has 3 N–H and O–H groups in total. The van der Waals surface area contributed by atoms with Crippen LogP contribution in [0.1, 0.15) is 97.8 Å². The third-order valence-corrected chi connectivity index (χ3v) is 11.9. The zero-order valence-electron chi connectivity index (χ0n) is 32.8. The maximum atomic E-state index is 16.0. The maximum Gasteiger partial charge on any atom is 0.270 e. The summed E-state index contributed by atoms with van der Waals surface area (Å²) in [7, 11) is 4.08. The quantitative estimate of drug-likeness (QED) is 0.253. The Balaban J connectivity index is 1.21. The van der Waals surface area contributed by atoms with Crippen molar-refractivity contribution in [2.45, 2.75) is 89.9 Å². The predicted molar refractivity (Wildman–Crippen MR) is 207 cm³/mol. The fourth-order valence-electron chi connectivity index (χ4n) is 8.19. The van der Waals surface area contributed by atoms with E-state index in [0.717, 1.165) is 51.6 Å². The predicted octanol–water partition coefficient (Wildman–Crippen LogP) is 3.74. The van der Waals surface area contributed by atoms with Crippen LogP contribution in [0.25, 0.3) is 0 Å². The molecule has 3 aliphatic rings. The molecule has 298 valence electrons. The summed E-state index contributed by atoms with van der Waals surface area (Å²) in [6.07, 6.45) is 8.27. The summed E-state index contributed by atoms with van der Waals surface area (Å²) in [6, 6.07) is 5.99. The van der Waals surface area contributed by atoms with E-state index < -0.39 is 41.5 Å². The van der Waals surface area contributed by atoms with Gasteiger partial charge in [-0.1, -0.05) is 32.8 Å². The second-order valence-electron chi connectivity index (χ2n) is 15.8. The van der Waals surface area contributed by atoms with Crippen molar-refractivity contribution in [1.82, 2.24) is 44.9 Å². The summed E-state index contributed by atoms with van der Waals surface area (Å²) in [4.78, 5) is 61.5. The number of likely N-dealkylation sites (N-methyl/N-ethyl adjacent to an activating group) is 1. The molecule has 3 atom stereocenters. The van der Waals surface area contributed by atoms with Crippen molar-refractivity contribution in [2.24, 2.45) is 11.8 Å². The Morgan fingerprint density at radius 2 is 1.45 bits per heavy atom. The normalized spacial score (nSPS) is 21.7. The van der Waals surface area contributed by atoms with Crippen molar-refractivity contribution < 1.29 is 23.6 Å². The van der Waals surface area contributed by atoms with Crippen LogP contribution in [0.3, 0.4) is 0 Å². The second kappa shape index (κ2) is 17.9. The van der Waals surface area contributed by atoms with Crippen molar-refractivity contribution in [3.63, 3.8) is 0 Å². The lowest BCUT2D eigenvalue weighted by Gasteiger charge is -2.36. The van der Waals surface area contributed by atoms with Gasteiger partial charge in [0.05, 0.1) is 11.7 Å². The molecule has 4 heterocycles. The summed E-state index contributed by atoms with van der Waals surface area (Å²) in [5.74, 6) is -2.42. The number of aryl methyl sites for hydroxylation is 1. The Bertz CT molecular complexity index is 1800. The topological polar surface area (TPSA) is 150 Å². The number of anilines is 1. The van der Waals surface area contributed by atoms with Crippen LogP contribution in [0.4, 0.5) is 10.1 Å². The Kier molecular flexibility index (Phi) is 13.0. The number of amides is 4. The average molecular weight is 761 g/mol. The van der Waals surface area contributed by atoms with E-state index in [2.05, 4.69) is 49.9 Å². The van der Waals surface area contributed by atoms with Crippen molar-refractivity contribution in [1.29, 1.82) is 0 Å². The first kappa shape index (κ1) is 40.0. The zero-order chi connectivity index (χ0) is 39.2. The number of hydrogen-bond donors (Lipinski definition) is 3. The van der Waals surface area contributed by atoms with Crippen LogP contribution in [-0.4, -0.2) is 123 Å². The number of rotatable bonds is 12. The molecule has 1 aromatic carbocycles. The molecule has 55 heavy (non-hydrogen) atoms. The Hall–Kier alpha value is -4.63. The third-order valence-electron chi connectivity index (χ3n) is 11.9. The molecule has 0 radical (unpaired) electrons. The first-order valence-corrected chi connectivity index (χ1v) is 19.9. The first-order valence-electron chi connectivity index (χ1n) is 19.9. The lowest BCUT2D eigenvalue weighted by molar-refractivity contribution is -0.135. The van der Waals surface area contributed by atoms with E-state index in [-0.39, 0.29) is 23.6 Å². The highest BCUT2D eigenvalue weighted by molar-refractivity contribution is 6.01. The summed E-state index contributed by atoms with van der Waals surface area (Å²) < 4.78 is 19.4. The number of nitrogens with zero attached hydrogens (tertiary/aromatic N) is 7. The standard InChI is InChI=1S/C40H57FN10O4/c1-6-50-33(13-17-42-50)37(52)46-36(28-9-7-26(2)8-10-28)39(54)44-32-12-11-29(25-31(32)41)27(3)35(40(55)49-23-21-48(5)22-24-49)45-38(53)34-14-18-43-51(34)30-15-19-47(4)20-16-30/h11-14,17-18,25-28,30,35-36H,6-10,15-16,19-24H2,1-5H3,(H,44,54)(H,45,53)(H,46,52)/t26?,27-,28?,35+,36-/m0/s1. The molecular weight excluding hydrogens is 704 g/mol. The van der Waals surface area contributed by atoms with Gasteiger partial charge in [0.15, 0.2) is 0 Å². The van der Waals surface area contributed by atoms with Crippen LogP contribution in [-0.2, 0) is 16.1 Å². The van der Waals surface area contributed by atoms with Gasteiger partial charge in [0, 0.05) is 51.0 Å². The van der Waals surface area contributed by atoms with Gasteiger partial charge in [-0.3, -0.25) is 28.5 Å². The Morgan fingerprint density at radius 1 is 0.818 bits per heavy atom. The van der Waals surface area contributed by atoms with E-state index in [4.69, 9.17) is 0 Å². The number of likely N-dealkylation sites (tertiary alicyclic amines) is 1. The summed E-state index contributed by atoms with van der Waals surface area (Å²) >= 11 is 0. The fraction of sp³-hybridized carbons (Fsp3) is 0.600. The lowest BCUT2D eigenvalue weighted by atomic mass is 9.79. The van der Waals surface area contributed by atoms with Crippen LogP contribution >= 0.6 is 0 Å². The van der Waals surface area contributed by atoms with Crippen LogP contribution < -0.4 is 16.0 Å². The van der Waals surface area contributed by atoms with Crippen LogP contribution in [0.2, 0.25) is 0 Å². The fourth-order valence-corrected chi connectivity index (χ4v) is 8.19. The largest absolute Gasteiger partial charge is 0.339 e. The lowest BCUT2D eigenvalue weighted by Crippen LogP contribution is -2.56. The summed E-state index contributed by atoms with van der Waals surface area (Å²) in [6.45, 7) is 10.6. The number of hydrogen-bond acceptors (Lipinski definition) is 8. The summed E-state index contributed by atoms with van der Waals surface area (Å²) in [5.41, 5.74) is 1.20. The molecule has 4 amide bonds. The molecule has 6 rings (SSSR count). The van der Waals surface area contributed by atoms with Gasteiger partial charge in [-0.15, -0.1) is 0 Å². The van der Waals surface area contributed by atoms with Crippen molar-refractivity contribution in [2.75, 3.05) is 58.7 Å². The number of carbonyl (C=O) groups is 4. The number of benzene rings is 1. The Morgan fingerprint density at radius 3 is 2.13 bits per heavy atom. The Labute approximate surface area is 323 Å². The number of halogens is 1. The van der Waals surface area contributed by atoms with Gasteiger partial charge in [-0.2, -0.15) is 10.2 Å². The SMILES string of the molecule is CCn1nccc1C(=O)N[C@H](C(=O)Nc1ccc([C@H](C)[C@@H](NC(=O)c2ccnn2C2CCN(C)CC2)C(=O)N2CCN(C)CC2)cc1F)C1CCC(C)CC1. The van der Waals surface area contributed by atoms with E-state index in [9.17, 15) is 19.2 Å². The molecule has 2 aliphatic heterocycles. The number of nitrogens with one attached hydrogen (secondary N) is 3. The smallest absolute Gasteiger partial charge is 0.270 e. The van der Waals surface area contributed by atoms with Crippen LogP contribution in [0.5, 0.6) is 0 Å². The molecular formula is C40H57FN10O4. The number of piperazine rings is 1. The molecule has 14 nitrogen and oxygen atoms in total. The van der Waals surface area contributed by atoms with E-state index >= 15 is 4.39 Å². The molecule has 3 aromatic rings. The molecule has 1 saturated carbocycles. The van der Waals surface area contributed by atoms with Crippen molar-refractivity contribution >= 4 is 29.3 Å². The van der Waals surface area contributed by atoms with Gasteiger partial charge in [0.25, 0.3) is 11.8 Å². The second-order valence-corrected chi connectivity index (χ2v) is 15.8. The van der Waals surface area contributed by atoms with Crippen molar-refractivity contribution in [3.8, 4) is 0 Å². The van der Waals surface area contributed by atoms with Crippen molar-refractivity contribution in [3.05, 3.63) is 65.5 Å². The van der Waals surface area contributed by atoms with E-state index in [1.165, 1.54) is 12.1 Å². The van der Waals surface area contributed by atoms with Gasteiger partial charge in [-0.05, 0) is 101 Å². The van der Waals surface area contributed by atoms with Gasteiger partial charge in [-0.25, -0.2) is 4.39 Å². The molecule has 0 unspecified atom stereocenters. The van der Waals surface area contributed by atoms with E-state index in [1.54, 1.807) is 51.8 Å². The van der Waals surface area contributed by atoms with Gasteiger partial charge >= 0.3 is 0 Å². The molecule has 15 heteroatoms. The minimum atomic E-state index is -0.985. The van der Waals surface area contributed by atoms with E-state index in [0.29, 0.717) is 55.6 Å². The third kappa shape index (κ3) is 9.43. The molecule has 0 bridgehead atoms. The maximum absolute atomic E-state index is 16.0. The minimum Gasteiger partial charge on any atom is -0.339 e. The zero-order valence-corrected chi connectivity index (χ0v) is 32.8. The average Bonchev–Trinajstić information content (AvgIpc) is 3.88. The highest BCUT2D eigenvalue weighted by Crippen LogP contribution is 2.32.